The van der Waals surface area contributed by atoms with Gasteiger partial charge in [0.25, 0.3) is 5.91 Å². The summed E-state index contributed by atoms with van der Waals surface area (Å²) >= 11 is 0. The van der Waals surface area contributed by atoms with Crippen LogP contribution in [-0.2, 0) is 4.79 Å². The summed E-state index contributed by atoms with van der Waals surface area (Å²) in [5, 5.41) is 24.0. The average Bonchev–Trinajstić information content (AvgIpc) is 2.97. The van der Waals surface area contributed by atoms with Crippen molar-refractivity contribution in [2.24, 2.45) is 0 Å². The number of piperazine rings is 1. The Bertz CT molecular complexity index is 1600. The Morgan fingerprint density at radius 1 is 1.08 bits per heavy atom. The molecule has 5 rings (SSSR count). The van der Waals surface area contributed by atoms with Gasteiger partial charge in [0.1, 0.15) is 17.3 Å². The standard InChI is InChI=1S/C30H26N6O3/c1-2-28(38)36-15-14-35(19-22(36)12-13-31)27-18-26(32-29(34-27)20-8-4-3-5-9-20)30(39)33-25-17-23(37)16-21-10-6-7-11-24(21)25/h2-11,16-18,22,37H,1,12,14-15,19H2,(H,33,39)/t22-/m0/s1. The summed E-state index contributed by atoms with van der Waals surface area (Å²) in [6, 6.07) is 23.4. The molecule has 2 heterocycles. The van der Waals surface area contributed by atoms with E-state index in [9.17, 15) is 20.0 Å². The van der Waals surface area contributed by atoms with Crippen LogP contribution in [0.1, 0.15) is 16.9 Å². The fourth-order valence-electron chi connectivity index (χ4n) is 4.76. The molecule has 0 aliphatic carbocycles. The van der Waals surface area contributed by atoms with Crippen molar-refractivity contribution >= 4 is 34.1 Å². The predicted octanol–water partition coefficient (Wildman–Crippen LogP) is 4.37. The summed E-state index contributed by atoms with van der Waals surface area (Å²) in [4.78, 5) is 38.8. The molecule has 9 nitrogen and oxygen atoms in total. The lowest BCUT2D eigenvalue weighted by molar-refractivity contribution is -0.128. The van der Waals surface area contributed by atoms with Gasteiger partial charge in [-0.3, -0.25) is 9.59 Å². The molecule has 0 saturated carbocycles. The summed E-state index contributed by atoms with van der Waals surface area (Å²) in [6.07, 6.45) is 1.41. The second-order valence-electron chi connectivity index (χ2n) is 9.17. The number of anilines is 2. The number of rotatable bonds is 6. The molecular formula is C30H26N6O3. The molecule has 1 saturated heterocycles. The van der Waals surface area contributed by atoms with Crippen LogP contribution in [0.2, 0.25) is 0 Å². The van der Waals surface area contributed by atoms with Crippen molar-refractivity contribution in [1.82, 2.24) is 14.9 Å². The van der Waals surface area contributed by atoms with Crippen LogP contribution in [0.15, 0.2) is 85.5 Å². The maximum atomic E-state index is 13.5. The monoisotopic (exact) mass is 518 g/mol. The van der Waals surface area contributed by atoms with E-state index in [1.807, 2.05) is 59.5 Å². The highest BCUT2D eigenvalue weighted by Crippen LogP contribution is 2.30. The fraction of sp³-hybridized carbons (Fsp3) is 0.167. The first-order valence-corrected chi connectivity index (χ1v) is 12.5. The number of nitrogens with zero attached hydrogens (tertiary/aromatic N) is 5. The van der Waals surface area contributed by atoms with Crippen LogP contribution < -0.4 is 10.2 Å². The van der Waals surface area contributed by atoms with Gasteiger partial charge in [-0.15, -0.1) is 0 Å². The predicted molar refractivity (Wildman–Crippen MR) is 149 cm³/mol. The number of benzene rings is 3. The van der Waals surface area contributed by atoms with Crippen molar-refractivity contribution in [2.45, 2.75) is 12.5 Å². The first-order valence-electron chi connectivity index (χ1n) is 12.5. The second kappa shape index (κ2) is 11.0. The van der Waals surface area contributed by atoms with Crippen molar-refractivity contribution in [3.8, 4) is 23.2 Å². The molecule has 3 aromatic carbocycles. The van der Waals surface area contributed by atoms with Crippen molar-refractivity contribution in [2.75, 3.05) is 29.9 Å². The van der Waals surface area contributed by atoms with Gasteiger partial charge in [-0.25, -0.2) is 9.97 Å². The summed E-state index contributed by atoms with van der Waals surface area (Å²) in [5.41, 5.74) is 1.35. The van der Waals surface area contributed by atoms with Crippen LogP contribution >= 0.6 is 0 Å². The number of hydrogen-bond donors (Lipinski definition) is 2. The highest BCUT2D eigenvalue weighted by Gasteiger charge is 2.30. The number of carbonyl (C=O) groups is 2. The van der Waals surface area contributed by atoms with Crippen LogP contribution in [0.5, 0.6) is 5.75 Å². The fourth-order valence-corrected chi connectivity index (χ4v) is 4.76. The van der Waals surface area contributed by atoms with Gasteiger partial charge in [0.2, 0.25) is 5.91 Å². The number of phenols is 1. The number of phenolic OH excluding ortho intramolecular Hbond substituents is 1. The minimum Gasteiger partial charge on any atom is -0.508 e. The molecule has 1 fully saturated rings. The smallest absolute Gasteiger partial charge is 0.274 e. The number of nitrogens with one attached hydrogen (secondary N) is 1. The van der Waals surface area contributed by atoms with Crippen LogP contribution in [0.3, 0.4) is 0 Å². The van der Waals surface area contributed by atoms with E-state index in [0.29, 0.717) is 37.0 Å². The summed E-state index contributed by atoms with van der Waals surface area (Å²) in [5.74, 6) is 0.248. The third kappa shape index (κ3) is 5.40. The van der Waals surface area contributed by atoms with E-state index in [-0.39, 0.29) is 29.8 Å². The molecule has 2 amide bonds. The molecule has 1 aliphatic rings. The van der Waals surface area contributed by atoms with Crippen molar-refractivity contribution in [3.63, 3.8) is 0 Å². The summed E-state index contributed by atoms with van der Waals surface area (Å²) < 4.78 is 0. The zero-order chi connectivity index (χ0) is 27.4. The minimum absolute atomic E-state index is 0.0350. The maximum absolute atomic E-state index is 13.5. The van der Waals surface area contributed by atoms with Gasteiger partial charge in [-0.2, -0.15) is 5.26 Å². The molecule has 0 spiro atoms. The van der Waals surface area contributed by atoms with Crippen LogP contribution in [0.4, 0.5) is 11.5 Å². The number of fused-ring (bicyclic) bond motifs is 1. The second-order valence-corrected chi connectivity index (χ2v) is 9.17. The van der Waals surface area contributed by atoms with Gasteiger partial charge < -0.3 is 20.2 Å². The van der Waals surface area contributed by atoms with E-state index in [2.05, 4.69) is 22.9 Å². The number of hydrogen-bond acceptors (Lipinski definition) is 7. The Kier molecular flexibility index (Phi) is 7.19. The highest BCUT2D eigenvalue weighted by atomic mass is 16.3. The quantitative estimate of drug-likeness (QED) is 0.363. The Labute approximate surface area is 225 Å². The van der Waals surface area contributed by atoms with E-state index in [4.69, 9.17) is 4.98 Å². The van der Waals surface area contributed by atoms with E-state index >= 15 is 0 Å². The van der Waals surface area contributed by atoms with Gasteiger partial charge in [0, 0.05) is 42.7 Å². The molecule has 1 aromatic heterocycles. The van der Waals surface area contributed by atoms with Crippen LogP contribution in [0.25, 0.3) is 22.2 Å². The van der Waals surface area contributed by atoms with Crippen molar-refractivity contribution in [1.29, 1.82) is 5.26 Å². The van der Waals surface area contributed by atoms with Gasteiger partial charge in [0.15, 0.2) is 5.82 Å². The molecular weight excluding hydrogens is 492 g/mol. The van der Waals surface area contributed by atoms with Crippen LogP contribution in [-0.4, -0.2) is 57.5 Å². The summed E-state index contributed by atoms with van der Waals surface area (Å²) in [7, 11) is 0. The summed E-state index contributed by atoms with van der Waals surface area (Å²) in [6.45, 7) is 4.80. The molecule has 1 aliphatic heterocycles. The lowest BCUT2D eigenvalue weighted by atomic mass is 10.1. The van der Waals surface area contributed by atoms with E-state index in [1.54, 1.807) is 17.0 Å². The van der Waals surface area contributed by atoms with Gasteiger partial charge in [0.05, 0.1) is 24.2 Å². The van der Waals surface area contributed by atoms with Gasteiger partial charge >= 0.3 is 0 Å². The zero-order valence-corrected chi connectivity index (χ0v) is 21.1. The first-order chi connectivity index (χ1) is 19.0. The number of amides is 2. The van der Waals surface area contributed by atoms with Gasteiger partial charge in [-0.1, -0.05) is 61.2 Å². The Morgan fingerprint density at radius 3 is 2.62 bits per heavy atom. The molecule has 0 bridgehead atoms. The molecule has 39 heavy (non-hydrogen) atoms. The first kappa shape index (κ1) is 25.4. The van der Waals surface area contributed by atoms with E-state index < -0.39 is 5.91 Å². The number of aromatic hydroxyl groups is 1. The largest absolute Gasteiger partial charge is 0.508 e. The molecule has 2 N–H and O–H groups in total. The topological polar surface area (TPSA) is 122 Å². The molecule has 194 valence electrons. The lowest BCUT2D eigenvalue weighted by Gasteiger charge is -2.40. The Balaban J connectivity index is 1.52. The minimum atomic E-state index is -0.458. The molecule has 9 heteroatoms. The normalized spacial score (nSPS) is 15.0. The zero-order valence-electron chi connectivity index (χ0n) is 21.1. The third-order valence-electron chi connectivity index (χ3n) is 6.66. The number of aromatic nitrogens is 2. The van der Waals surface area contributed by atoms with Gasteiger partial charge in [-0.05, 0) is 17.5 Å². The Morgan fingerprint density at radius 2 is 1.85 bits per heavy atom. The highest BCUT2D eigenvalue weighted by molar-refractivity contribution is 6.09. The molecule has 0 radical (unpaired) electrons. The Hall–Kier alpha value is -5.23. The number of carbonyl (C=O) groups excluding carboxylic acids is 2. The SMILES string of the molecule is C=CC(=O)N1CCN(c2cc(C(=O)Nc3cc(O)cc4ccccc34)nc(-c3ccccc3)n2)C[C@@H]1CC#N. The molecule has 1 atom stereocenters. The number of nitriles is 1. The lowest BCUT2D eigenvalue weighted by Crippen LogP contribution is -2.55. The maximum Gasteiger partial charge on any atom is 0.274 e. The average molecular weight is 519 g/mol. The van der Waals surface area contributed by atoms with Crippen LogP contribution in [0, 0.1) is 11.3 Å². The van der Waals surface area contributed by atoms with E-state index in [0.717, 1.165) is 16.3 Å². The van der Waals surface area contributed by atoms with E-state index in [1.165, 1.54) is 12.1 Å². The molecule has 4 aromatic rings. The van der Waals surface area contributed by atoms with Crippen molar-refractivity contribution in [3.05, 3.63) is 91.1 Å². The third-order valence-corrected chi connectivity index (χ3v) is 6.66. The van der Waals surface area contributed by atoms with Crippen molar-refractivity contribution < 1.29 is 14.7 Å². The molecule has 0 unspecified atom stereocenters.